The minimum Gasteiger partial charge on any atom is -0.369 e. The monoisotopic (exact) mass is 277 g/mol. The first kappa shape index (κ1) is 16.5. The van der Waals surface area contributed by atoms with Crippen LogP contribution in [-0.4, -0.2) is 31.1 Å². The molecule has 0 saturated carbocycles. The molecule has 0 heterocycles. The number of hydrogen-bond acceptors (Lipinski definition) is 3. The molecular weight excluding hydrogens is 250 g/mol. The van der Waals surface area contributed by atoms with Crippen molar-refractivity contribution in [3.63, 3.8) is 0 Å². The van der Waals surface area contributed by atoms with E-state index in [9.17, 15) is 4.79 Å². The van der Waals surface area contributed by atoms with Crippen LogP contribution in [0.1, 0.15) is 32.8 Å². The Morgan fingerprint density at radius 2 is 2.05 bits per heavy atom. The van der Waals surface area contributed by atoms with E-state index in [0.29, 0.717) is 6.42 Å². The summed E-state index contributed by atoms with van der Waals surface area (Å²) in [5.74, 6) is -0.312. The second kappa shape index (κ2) is 6.75. The number of carbonyl (C=O) groups excluding carboxylic acids is 1. The lowest BCUT2D eigenvalue weighted by atomic mass is 9.92. The maximum Gasteiger partial charge on any atom is 0.237 e. The molecule has 0 spiro atoms. The van der Waals surface area contributed by atoms with E-state index in [1.807, 2.05) is 19.1 Å². The van der Waals surface area contributed by atoms with Gasteiger partial charge in [-0.25, -0.2) is 0 Å². The van der Waals surface area contributed by atoms with Crippen molar-refractivity contribution in [3.05, 3.63) is 29.8 Å². The number of anilines is 1. The lowest BCUT2D eigenvalue weighted by Gasteiger charge is -2.36. The lowest BCUT2D eigenvalue weighted by Crippen LogP contribution is -2.55. The van der Waals surface area contributed by atoms with E-state index < -0.39 is 5.54 Å². The first-order valence-electron chi connectivity index (χ1n) is 7.16. The Morgan fingerprint density at radius 1 is 1.45 bits per heavy atom. The van der Waals surface area contributed by atoms with E-state index in [1.54, 1.807) is 7.05 Å². The van der Waals surface area contributed by atoms with Gasteiger partial charge in [0.15, 0.2) is 0 Å². The van der Waals surface area contributed by atoms with E-state index in [-0.39, 0.29) is 11.9 Å². The van der Waals surface area contributed by atoms with Crippen molar-refractivity contribution in [2.45, 2.75) is 45.7 Å². The summed E-state index contributed by atoms with van der Waals surface area (Å²) in [6, 6.07) is 8.53. The number of hydrogen-bond donors (Lipinski definition) is 2. The minimum atomic E-state index is -0.685. The number of para-hydroxylation sites is 1. The van der Waals surface area contributed by atoms with Gasteiger partial charge in [-0.2, -0.15) is 0 Å². The quantitative estimate of drug-likeness (QED) is 0.802. The molecule has 0 aliphatic heterocycles. The van der Waals surface area contributed by atoms with E-state index >= 15 is 0 Å². The molecule has 0 radical (unpaired) electrons. The molecule has 1 rings (SSSR count). The molecule has 3 N–H and O–H groups in total. The van der Waals surface area contributed by atoms with Gasteiger partial charge in [-0.3, -0.25) is 4.79 Å². The van der Waals surface area contributed by atoms with Crippen molar-refractivity contribution in [3.8, 4) is 0 Å². The van der Waals surface area contributed by atoms with Crippen LogP contribution in [0.2, 0.25) is 0 Å². The fourth-order valence-electron chi connectivity index (χ4n) is 2.63. The van der Waals surface area contributed by atoms with Crippen molar-refractivity contribution in [1.82, 2.24) is 5.32 Å². The number of carbonyl (C=O) groups is 1. The number of nitrogens with zero attached hydrogens (tertiary/aromatic N) is 1. The summed E-state index contributed by atoms with van der Waals surface area (Å²) in [5.41, 5.74) is 7.29. The molecule has 0 aliphatic rings. The second-order valence-electron chi connectivity index (χ2n) is 5.57. The summed E-state index contributed by atoms with van der Waals surface area (Å²) in [6.07, 6.45) is 0.668. The summed E-state index contributed by atoms with van der Waals surface area (Å²) >= 11 is 0. The fraction of sp³-hybridized carbons (Fsp3) is 0.562. The van der Waals surface area contributed by atoms with Gasteiger partial charge in [-0.05, 0) is 52.8 Å². The van der Waals surface area contributed by atoms with Crippen LogP contribution in [0, 0.1) is 6.92 Å². The van der Waals surface area contributed by atoms with E-state index in [1.165, 1.54) is 11.3 Å². The Bertz CT molecular complexity index is 461. The molecule has 2 atom stereocenters. The Kier molecular flexibility index (Phi) is 5.57. The van der Waals surface area contributed by atoms with Crippen LogP contribution in [0.4, 0.5) is 5.69 Å². The van der Waals surface area contributed by atoms with Crippen molar-refractivity contribution in [2.24, 2.45) is 5.73 Å². The number of nitrogens with one attached hydrogen (secondary N) is 1. The minimum absolute atomic E-state index is 0.214. The molecule has 4 nitrogen and oxygen atoms in total. The smallest absolute Gasteiger partial charge is 0.237 e. The third kappa shape index (κ3) is 3.51. The average Bonchev–Trinajstić information content (AvgIpc) is 2.41. The predicted octanol–water partition coefficient (Wildman–Crippen LogP) is 2.06. The van der Waals surface area contributed by atoms with Crippen LogP contribution < -0.4 is 16.0 Å². The number of likely N-dealkylation sites (N-methyl/N-ethyl adjacent to an activating group) is 1. The zero-order valence-electron chi connectivity index (χ0n) is 13.2. The molecule has 0 bridgehead atoms. The SMILES string of the molecule is CCN(c1ccccc1C)C(C)CC(C)(NC)C(N)=O. The largest absolute Gasteiger partial charge is 0.369 e. The van der Waals surface area contributed by atoms with Crippen LogP contribution in [0.25, 0.3) is 0 Å². The van der Waals surface area contributed by atoms with Gasteiger partial charge in [0.05, 0.1) is 5.54 Å². The summed E-state index contributed by atoms with van der Waals surface area (Å²) in [4.78, 5) is 14.0. The number of nitrogens with two attached hydrogens (primary N) is 1. The number of rotatable bonds is 7. The summed E-state index contributed by atoms with van der Waals surface area (Å²) in [5, 5.41) is 3.05. The molecule has 0 saturated heterocycles. The van der Waals surface area contributed by atoms with E-state index in [4.69, 9.17) is 5.73 Å². The normalized spacial score (nSPS) is 15.4. The molecule has 2 unspecified atom stereocenters. The maximum absolute atomic E-state index is 11.6. The fourth-order valence-corrected chi connectivity index (χ4v) is 2.63. The number of amides is 1. The highest BCUT2D eigenvalue weighted by molar-refractivity contribution is 5.84. The molecule has 1 aromatic rings. The summed E-state index contributed by atoms with van der Waals surface area (Å²) in [6.45, 7) is 9.12. The van der Waals surface area contributed by atoms with Gasteiger partial charge >= 0.3 is 0 Å². The van der Waals surface area contributed by atoms with Crippen LogP contribution in [0.3, 0.4) is 0 Å². The Balaban J connectivity index is 2.96. The van der Waals surface area contributed by atoms with Gasteiger partial charge in [0.1, 0.15) is 0 Å². The van der Waals surface area contributed by atoms with Crippen LogP contribution >= 0.6 is 0 Å². The molecule has 112 valence electrons. The molecule has 0 aliphatic carbocycles. The molecule has 1 aromatic carbocycles. The highest BCUT2D eigenvalue weighted by atomic mass is 16.1. The molecule has 1 amide bonds. The van der Waals surface area contributed by atoms with Crippen LogP contribution in [0.15, 0.2) is 24.3 Å². The van der Waals surface area contributed by atoms with Gasteiger partial charge in [-0.1, -0.05) is 18.2 Å². The van der Waals surface area contributed by atoms with Crippen LogP contribution in [-0.2, 0) is 4.79 Å². The van der Waals surface area contributed by atoms with E-state index in [0.717, 1.165) is 6.54 Å². The average molecular weight is 277 g/mol. The van der Waals surface area contributed by atoms with Gasteiger partial charge in [0.2, 0.25) is 5.91 Å². The first-order chi connectivity index (χ1) is 9.35. The standard InChI is InChI=1S/C16H27N3O/c1-6-19(14-10-8-7-9-12(14)2)13(3)11-16(4,18-5)15(17)20/h7-10,13,18H,6,11H2,1-5H3,(H2,17,20). The predicted molar refractivity (Wildman–Crippen MR) is 84.9 cm³/mol. The molecule has 4 heteroatoms. The number of primary amides is 1. The number of benzene rings is 1. The van der Waals surface area contributed by atoms with Gasteiger partial charge in [0.25, 0.3) is 0 Å². The third-order valence-electron chi connectivity index (χ3n) is 4.10. The Morgan fingerprint density at radius 3 is 2.50 bits per heavy atom. The highest BCUT2D eigenvalue weighted by Gasteiger charge is 2.32. The molecule has 0 fully saturated rings. The van der Waals surface area contributed by atoms with Crippen molar-refractivity contribution >= 4 is 11.6 Å². The van der Waals surface area contributed by atoms with Gasteiger partial charge in [0, 0.05) is 18.3 Å². The van der Waals surface area contributed by atoms with Gasteiger partial charge < -0.3 is 16.0 Å². The van der Waals surface area contributed by atoms with Crippen molar-refractivity contribution in [2.75, 3.05) is 18.5 Å². The van der Waals surface area contributed by atoms with Crippen LogP contribution in [0.5, 0.6) is 0 Å². The van der Waals surface area contributed by atoms with E-state index in [2.05, 4.69) is 43.1 Å². The zero-order valence-corrected chi connectivity index (χ0v) is 13.2. The zero-order chi connectivity index (χ0) is 15.3. The molecular formula is C16H27N3O. The van der Waals surface area contributed by atoms with Gasteiger partial charge in [-0.15, -0.1) is 0 Å². The third-order valence-corrected chi connectivity index (χ3v) is 4.10. The molecule has 20 heavy (non-hydrogen) atoms. The molecule has 0 aromatic heterocycles. The Labute approximate surface area is 122 Å². The Hall–Kier alpha value is -1.55. The lowest BCUT2D eigenvalue weighted by molar-refractivity contribution is -0.124. The summed E-state index contributed by atoms with van der Waals surface area (Å²) in [7, 11) is 1.78. The highest BCUT2D eigenvalue weighted by Crippen LogP contribution is 2.25. The van der Waals surface area contributed by atoms with Crippen molar-refractivity contribution < 1.29 is 4.79 Å². The maximum atomic E-state index is 11.6. The number of aryl methyl sites for hydroxylation is 1. The topological polar surface area (TPSA) is 58.4 Å². The second-order valence-corrected chi connectivity index (χ2v) is 5.57. The van der Waals surface area contributed by atoms with Crippen molar-refractivity contribution in [1.29, 1.82) is 0 Å². The summed E-state index contributed by atoms with van der Waals surface area (Å²) < 4.78 is 0. The first-order valence-corrected chi connectivity index (χ1v) is 7.16.